The molecular weight excluding hydrogens is 569 g/mol. The molecule has 0 radical (unpaired) electrons. The molecule has 0 aliphatic heterocycles. The maximum Gasteiger partial charge on any atom is 0.438 e. The molecule has 0 heterocycles. The standard InChI is InChI=1S/C24H21Cl3F6N2O2/c1-13-8-14(5-7-17(24(31,32)33)15-9-18(25)21(27)19(26)10-15)4-6-16(13)22(37)34-11-20(36)35(2,3)12-23(28,29)30/h4-10,17H,11-12H2,1-3H3/p+1/b7-5+. The van der Waals surface area contributed by atoms with Crippen molar-refractivity contribution >= 4 is 52.7 Å². The first kappa shape index (κ1) is 31.0. The first-order valence-electron chi connectivity index (χ1n) is 10.5. The van der Waals surface area contributed by atoms with Gasteiger partial charge in [-0.15, -0.1) is 0 Å². The summed E-state index contributed by atoms with van der Waals surface area (Å²) in [5.41, 5.74) is 0.605. The molecule has 0 spiro atoms. The molecule has 1 atom stereocenters. The lowest BCUT2D eigenvalue weighted by atomic mass is 9.96. The van der Waals surface area contributed by atoms with E-state index in [9.17, 15) is 35.9 Å². The molecule has 0 aromatic heterocycles. The van der Waals surface area contributed by atoms with Gasteiger partial charge in [0.05, 0.1) is 35.1 Å². The summed E-state index contributed by atoms with van der Waals surface area (Å²) < 4.78 is 78.1. The van der Waals surface area contributed by atoms with Gasteiger partial charge in [0, 0.05) is 5.56 Å². The van der Waals surface area contributed by atoms with Crippen LogP contribution >= 0.6 is 34.8 Å². The highest BCUT2D eigenvalue weighted by Gasteiger charge is 2.41. The predicted molar refractivity (Wildman–Crippen MR) is 131 cm³/mol. The van der Waals surface area contributed by atoms with Crippen molar-refractivity contribution in [3.05, 3.63) is 73.7 Å². The third-order valence-electron chi connectivity index (χ3n) is 5.34. The van der Waals surface area contributed by atoms with Gasteiger partial charge in [0.2, 0.25) is 0 Å². The fourth-order valence-corrected chi connectivity index (χ4v) is 4.03. The second kappa shape index (κ2) is 11.6. The predicted octanol–water partition coefficient (Wildman–Crippen LogP) is 7.21. The lowest BCUT2D eigenvalue weighted by molar-refractivity contribution is -0.826. The number of alkyl halides is 6. The number of rotatable bonds is 7. The van der Waals surface area contributed by atoms with Gasteiger partial charge in [-0.2, -0.15) is 26.3 Å². The van der Waals surface area contributed by atoms with E-state index < -0.39 is 47.7 Å². The zero-order valence-corrected chi connectivity index (χ0v) is 22.0. The van der Waals surface area contributed by atoms with Crippen LogP contribution in [0.15, 0.2) is 36.4 Å². The van der Waals surface area contributed by atoms with Crippen LogP contribution in [0.25, 0.3) is 6.08 Å². The largest absolute Gasteiger partial charge is 0.438 e. The Morgan fingerprint density at radius 1 is 1.00 bits per heavy atom. The molecule has 2 aromatic rings. The smallest absolute Gasteiger partial charge is 0.339 e. The number of quaternary nitrogens is 1. The van der Waals surface area contributed by atoms with E-state index >= 15 is 0 Å². The maximum absolute atomic E-state index is 13.7. The van der Waals surface area contributed by atoms with E-state index in [1.165, 1.54) is 31.2 Å². The van der Waals surface area contributed by atoms with Gasteiger partial charge in [0.25, 0.3) is 5.91 Å². The zero-order valence-electron chi connectivity index (χ0n) is 19.7. The first-order chi connectivity index (χ1) is 16.8. The molecule has 2 amide bonds. The van der Waals surface area contributed by atoms with E-state index in [-0.39, 0.29) is 26.2 Å². The molecule has 37 heavy (non-hydrogen) atoms. The van der Waals surface area contributed by atoms with E-state index in [4.69, 9.17) is 34.8 Å². The molecule has 2 aromatic carbocycles. The van der Waals surface area contributed by atoms with E-state index in [2.05, 4.69) is 5.32 Å². The Bertz CT molecular complexity index is 1190. The average molecular weight is 591 g/mol. The van der Waals surface area contributed by atoms with E-state index in [0.717, 1.165) is 32.3 Å². The number of halogens is 9. The van der Waals surface area contributed by atoms with Crippen LogP contribution in [0.4, 0.5) is 26.3 Å². The van der Waals surface area contributed by atoms with Crippen molar-refractivity contribution < 1.29 is 40.4 Å². The van der Waals surface area contributed by atoms with Gasteiger partial charge in [0.1, 0.15) is 6.54 Å². The normalized spacial score (nSPS) is 13.6. The Kier molecular flexibility index (Phi) is 9.73. The van der Waals surface area contributed by atoms with Crippen LogP contribution in [0.5, 0.6) is 0 Å². The minimum atomic E-state index is -4.67. The Labute approximate surface area is 224 Å². The number of nitrogens with one attached hydrogen (secondary N) is 1. The number of allylic oxidation sites excluding steroid dienone is 1. The molecule has 2 rings (SSSR count). The van der Waals surface area contributed by atoms with E-state index in [0.29, 0.717) is 11.1 Å². The summed E-state index contributed by atoms with van der Waals surface area (Å²) in [6.45, 7) is -0.505. The molecule has 1 unspecified atom stereocenters. The summed E-state index contributed by atoms with van der Waals surface area (Å²) in [6.07, 6.45) is -7.12. The Hall–Kier alpha value is -2.27. The lowest BCUT2D eigenvalue weighted by Gasteiger charge is -2.27. The number of hydrogen-bond donors (Lipinski definition) is 1. The Morgan fingerprint density at radius 2 is 1.57 bits per heavy atom. The summed E-state index contributed by atoms with van der Waals surface area (Å²) in [7, 11) is 2.16. The summed E-state index contributed by atoms with van der Waals surface area (Å²) in [5, 5.41) is 1.96. The third-order valence-corrected chi connectivity index (χ3v) is 6.54. The van der Waals surface area contributed by atoms with Crippen LogP contribution in [0, 0.1) is 6.92 Å². The van der Waals surface area contributed by atoms with Crippen molar-refractivity contribution in [1.29, 1.82) is 0 Å². The monoisotopic (exact) mass is 589 g/mol. The third kappa shape index (κ3) is 8.63. The van der Waals surface area contributed by atoms with Crippen LogP contribution in [0.3, 0.4) is 0 Å². The molecule has 13 heteroatoms. The van der Waals surface area contributed by atoms with Crippen molar-refractivity contribution in [3.63, 3.8) is 0 Å². The van der Waals surface area contributed by atoms with E-state index in [1.54, 1.807) is 0 Å². The summed E-state index contributed by atoms with van der Waals surface area (Å²) >= 11 is 17.6. The Morgan fingerprint density at radius 3 is 2.05 bits per heavy atom. The quantitative estimate of drug-likeness (QED) is 0.210. The van der Waals surface area contributed by atoms with Crippen LogP contribution in [-0.2, 0) is 4.79 Å². The van der Waals surface area contributed by atoms with Crippen LogP contribution in [-0.4, -0.2) is 55.8 Å². The second-order valence-electron chi connectivity index (χ2n) is 8.79. The molecule has 4 nitrogen and oxygen atoms in total. The lowest BCUT2D eigenvalue weighted by Crippen LogP contribution is -2.54. The highest BCUT2D eigenvalue weighted by Crippen LogP contribution is 2.41. The average Bonchev–Trinajstić information content (AvgIpc) is 2.73. The molecule has 0 saturated heterocycles. The highest BCUT2D eigenvalue weighted by atomic mass is 35.5. The molecule has 0 aliphatic carbocycles. The number of nitrogens with zero attached hydrogens (tertiary/aromatic N) is 1. The van der Waals surface area contributed by atoms with Gasteiger partial charge in [-0.05, 0) is 41.8 Å². The van der Waals surface area contributed by atoms with Crippen molar-refractivity contribution in [3.8, 4) is 0 Å². The number of carbonyl (C=O) groups is 2. The van der Waals surface area contributed by atoms with Gasteiger partial charge in [0.15, 0.2) is 6.54 Å². The van der Waals surface area contributed by atoms with Crippen molar-refractivity contribution in [2.24, 2.45) is 0 Å². The van der Waals surface area contributed by atoms with Crippen LogP contribution in [0.1, 0.15) is 33.0 Å². The molecular formula is C24H22Cl3F6N2O2+. The minimum absolute atomic E-state index is 0.0639. The summed E-state index contributed by atoms with van der Waals surface area (Å²) in [6, 6.07) is 6.33. The van der Waals surface area contributed by atoms with Crippen molar-refractivity contribution in [1.82, 2.24) is 5.32 Å². The minimum Gasteiger partial charge on any atom is -0.339 e. The van der Waals surface area contributed by atoms with Gasteiger partial charge in [-0.1, -0.05) is 59.1 Å². The van der Waals surface area contributed by atoms with E-state index in [1.807, 2.05) is 0 Å². The first-order valence-corrected chi connectivity index (χ1v) is 11.7. The second-order valence-corrected chi connectivity index (χ2v) is 9.98. The molecule has 1 N–H and O–H groups in total. The SMILES string of the molecule is Cc1cc(/C=C/C(c2cc(Cl)c(Cl)c(Cl)c2)C(F)(F)F)ccc1C(=O)NCC(=O)[N+](C)(C)CC(F)(F)F. The fraction of sp³-hybridized carbons (Fsp3) is 0.333. The number of carbonyl (C=O) groups excluding carboxylic acids is 2. The number of likely N-dealkylation sites (N-methyl/N-ethyl adjacent to an activating group) is 1. The van der Waals surface area contributed by atoms with Crippen molar-refractivity contribution in [2.45, 2.75) is 25.2 Å². The van der Waals surface area contributed by atoms with Crippen molar-refractivity contribution in [2.75, 3.05) is 27.2 Å². The van der Waals surface area contributed by atoms with Gasteiger partial charge < -0.3 is 5.32 Å². The highest BCUT2D eigenvalue weighted by molar-refractivity contribution is 6.48. The maximum atomic E-state index is 13.7. The Balaban J connectivity index is 2.19. The number of hydrogen-bond acceptors (Lipinski definition) is 2. The molecule has 202 valence electrons. The topological polar surface area (TPSA) is 46.2 Å². The van der Waals surface area contributed by atoms with Gasteiger partial charge in [-0.25, -0.2) is 4.79 Å². The molecule has 0 saturated carbocycles. The number of benzene rings is 2. The molecule has 0 bridgehead atoms. The zero-order chi connectivity index (χ0) is 28.3. The molecule has 0 fully saturated rings. The fourth-order valence-electron chi connectivity index (χ4n) is 3.42. The van der Waals surface area contributed by atoms with Gasteiger partial charge >= 0.3 is 18.3 Å². The molecule has 0 aliphatic rings. The van der Waals surface area contributed by atoms with Crippen LogP contribution < -0.4 is 5.32 Å². The van der Waals surface area contributed by atoms with Crippen LogP contribution in [0.2, 0.25) is 15.1 Å². The number of aryl methyl sites for hydroxylation is 1. The summed E-state index contributed by atoms with van der Waals surface area (Å²) in [5.74, 6) is -3.62. The van der Waals surface area contributed by atoms with Gasteiger partial charge in [-0.3, -0.25) is 9.28 Å². The number of amides is 2. The summed E-state index contributed by atoms with van der Waals surface area (Å²) in [4.78, 5) is 24.6.